The standard InChI is InChI=1S/C14H20BrNO2/c1-4-18-13-6-5-12(8-11(13)9-15)16-14(17)7-10(2)3/h5-6,8,10H,4,7,9H2,1-3H3,(H,16,17). The average molecular weight is 314 g/mol. The molecular weight excluding hydrogens is 294 g/mol. The number of rotatable bonds is 6. The van der Waals surface area contributed by atoms with Crippen LogP contribution in [0.5, 0.6) is 5.75 Å². The van der Waals surface area contributed by atoms with Gasteiger partial charge in [-0.1, -0.05) is 29.8 Å². The van der Waals surface area contributed by atoms with Crippen LogP contribution >= 0.6 is 15.9 Å². The lowest BCUT2D eigenvalue weighted by Gasteiger charge is -2.12. The monoisotopic (exact) mass is 313 g/mol. The van der Waals surface area contributed by atoms with Gasteiger partial charge in [-0.3, -0.25) is 4.79 Å². The van der Waals surface area contributed by atoms with Gasteiger partial charge in [0.15, 0.2) is 0 Å². The number of anilines is 1. The van der Waals surface area contributed by atoms with Crippen LogP contribution in [0.3, 0.4) is 0 Å². The van der Waals surface area contributed by atoms with Crippen LogP contribution in [-0.2, 0) is 10.1 Å². The third-order valence-electron chi connectivity index (χ3n) is 2.38. The van der Waals surface area contributed by atoms with E-state index in [9.17, 15) is 4.79 Å². The molecule has 0 radical (unpaired) electrons. The lowest BCUT2D eigenvalue weighted by molar-refractivity contribution is -0.116. The molecule has 1 rings (SSSR count). The molecule has 0 saturated heterocycles. The van der Waals surface area contributed by atoms with Crippen molar-refractivity contribution in [1.82, 2.24) is 0 Å². The Morgan fingerprint density at radius 1 is 1.44 bits per heavy atom. The van der Waals surface area contributed by atoms with E-state index in [1.807, 2.05) is 39.0 Å². The first-order chi connectivity index (χ1) is 8.56. The summed E-state index contributed by atoms with van der Waals surface area (Å²) in [7, 11) is 0. The van der Waals surface area contributed by atoms with Crippen molar-refractivity contribution in [2.75, 3.05) is 11.9 Å². The maximum Gasteiger partial charge on any atom is 0.224 e. The minimum absolute atomic E-state index is 0.0506. The predicted molar refractivity (Wildman–Crippen MR) is 78.3 cm³/mol. The molecule has 0 saturated carbocycles. The number of amides is 1. The maximum atomic E-state index is 11.7. The summed E-state index contributed by atoms with van der Waals surface area (Å²) in [5.41, 5.74) is 1.86. The summed E-state index contributed by atoms with van der Waals surface area (Å²) in [6.07, 6.45) is 0.539. The fourth-order valence-corrected chi connectivity index (χ4v) is 2.08. The highest BCUT2D eigenvalue weighted by molar-refractivity contribution is 9.08. The van der Waals surface area contributed by atoms with Crippen LogP contribution in [-0.4, -0.2) is 12.5 Å². The number of hydrogen-bond donors (Lipinski definition) is 1. The van der Waals surface area contributed by atoms with E-state index >= 15 is 0 Å². The number of alkyl halides is 1. The zero-order chi connectivity index (χ0) is 13.5. The molecule has 1 aromatic carbocycles. The molecule has 0 aliphatic rings. The van der Waals surface area contributed by atoms with Gasteiger partial charge in [-0.15, -0.1) is 0 Å². The van der Waals surface area contributed by atoms with Crippen LogP contribution in [0.25, 0.3) is 0 Å². The third-order valence-corrected chi connectivity index (χ3v) is 2.99. The van der Waals surface area contributed by atoms with Gasteiger partial charge in [-0.05, 0) is 31.0 Å². The predicted octanol–water partition coefficient (Wildman–Crippen LogP) is 3.96. The second kappa shape index (κ2) is 7.41. The van der Waals surface area contributed by atoms with Gasteiger partial charge in [0, 0.05) is 23.0 Å². The second-order valence-corrected chi connectivity index (χ2v) is 5.10. The van der Waals surface area contributed by atoms with Crippen molar-refractivity contribution in [2.24, 2.45) is 5.92 Å². The number of ether oxygens (including phenoxy) is 1. The molecule has 0 fully saturated rings. The van der Waals surface area contributed by atoms with E-state index in [1.54, 1.807) is 0 Å². The topological polar surface area (TPSA) is 38.3 Å². The Balaban J connectivity index is 2.76. The van der Waals surface area contributed by atoms with Gasteiger partial charge in [0.2, 0.25) is 5.91 Å². The van der Waals surface area contributed by atoms with Gasteiger partial charge in [0.1, 0.15) is 5.75 Å². The summed E-state index contributed by atoms with van der Waals surface area (Å²) in [6, 6.07) is 5.71. The molecule has 4 heteroatoms. The van der Waals surface area contributed by atoms with Crippen LogP contribution in [0.4, 0.5) is 5.69 Å². The van der Waals surface area contributed by atoms with Crippen LogP contribution in [0.2, 0.25) is 0 Å². The van der Waals surface area contributed by atoms with Gasteiger partial charge in [-0.2, -0.15) is 0 Å². The molecule has 0 aliphatic heterocycles. The van der Waals surface area contributed by atoms with Gasteiger partial charge < -0.3 is 10.1 Å². The number of nitrogens with one attached hydrogen (secondary N) is 1. The van der Waals surface area contributed by atoms with Crippen molar-refractivity contribution in [3.8, 4) is 5.75 Å². The Hall–Kier alpha value is -1.03. The Labute approximate surface area is 117 Å². The first-order valence-corrected chi connectivity index (χ1v) is 7.30. The fourth-order valence-electron chi connectivity index (χ4n) is 1.64. The average Bonchev–Trinajstić information content (AvgIpc) is 2.30. The fraction of sp³-hybridized carbons (Fsp3) is 0.500. The summed E-state index contributed by atoms with van der Waals surface area (Å²) in [5, 5.41) is 3.61. The molecule has 0 heterocycles. The molecule has 0 unspecified atom stereocenters. The van der Waals surface area contributed by atoms with Crippen LogP contribution in [0, 0.1) is 5.92 Å². The summed E-state index contributed by atoms with van der Waals surface area (Å²) in [4.78, 5) is 11.7. The molecule has 3 nitrogen and oxygen atoms in total. The smallest absolute Gasteiger partial charge is 0.224 e. The number of benzene rings is 1. The number of carbonyl (C=O) groups is 1. The quantitative estimate of drug-likeness (QED) is 0.807. The zero-order valence-electron chi connectivity index (χ0n) is 11.1. The van der Waals surface area contributed by atoms with E-state index in [0.29, 0.717) is 24.3 Å². The summed E-state index contributed by atoms with van der Waals surface area (Å²) in [5.74, 6) is 1.27. The normalized spacial score (nSPS) is 10.5. The lowest BCUT2D eigenvalue weighted by Crippen LogP contribution is -2.14. The lowest BCUT2D eigenvalue weighted by atomic mass is 10.1. The highest BCUT2D eigenvalue weighted by atomic mass is 79.9. The molecule has 0 bridgehead atoms. The van der Waals surface area contributed by atoms with Crippen molar-refractivity contribution in [1.29, 1.82) is 0 Å². The zero-order valence-corrected chi connectivity index (χ0v) is 12.7. The van der Waals surface area contributed by atoms with E-state index in [4.69, 9.17) is 4.74 Å². The molecule has 0 spiro atoms. The SMILES string of the molecule is CCOc1ccc(NC(=O)CC(C)C)cc1CBr. The molecule has 1 N–H and O–H groups in total. The first-order valence-electron chi connectivity index (χ1n) is 6.18. The molecule has 0 aliphatic carbocycles. The largest absolute Gasteiger partial charge is 0.494 e. The van der Waals surface area contributed by atoms with Crippen LogP contribution in [0.15, 0.2) is 18.2 Å². The van der Waals surface area contributed by atoms with Crippen molar-refractivity contribution >= 4 is 27.5 Å². The van der Waals surface area contributed by atoms with E-state index in [2.05, 4.69) is 21.2 Å². The van der Waals surface area contributed by atoms with E-state index < -0.39 is 0 Å². The van der Waals surface area contributed by atoms with Crippen LogP contribution < -0.4 is 10.1 Å². The highest BCUT2D eigenvalue weighted by Gasteiger charge is 2.08. The third kappa shape index (κ3) is 4.69. The highest BCUT2D eigenvalue weighted by Crippen LogP contribution is 2.25. The first kappa shape index (κ1) is 15.0. The van der Waals surface area contributed by atoms with E-state index in [-0.39, 0.29) is 5.91 Å². The minimum Gasteiger partial charge on any atom is -0.494 e. The number of hydrogen-bond acceptors (Lipinski definition) is 2. The number of halogens is 1. The van der Waals surface area contributed by atoms with Gasteiger partial charge in [0.25, 0.3) is 0 Å². The van der Waals surface area contributed by atoms with Gasteiger partial charge in [0.05, 0.1) is 6.61 Å². The molecule has 0 aromatic heterocycles. The van der Waals surface area contributed by atoms with Crippen molar-refractivity contribution in [3.05, 3.63) is 23.8 Å². The second-order valence-electron chi connectivity index (χ2n) is 4.54. The van der Waals surface area contributed by atoms with Crippen molar-refractivity contribution < 1.29 is 9.53 Å². The summed E-state index contributed by atoms with van der Waals surface area (Å²) < 4.78 is 5.51. The van der Waals surface area contributed by atoms with E-state index in [0.717, 1.165) is 17.0 Å². The van der Waals surface area contributed by atoms with Crippen molar-refractivity contribution in [3.63, 3.8) is 0 Å². The van der Waals surface area contributed by atoms with Gasteiger partial charge in [-0.25, -0.2) is 0 Å². The summed E-state index contributed by atoms with van der Waals surface area (Å²) in [6.45, 7) is 6.65. The summed E-state index contributed by atoms with van der Waals surface area (Å²) >= 11 is 3.43. The Morgan fingerprint density at radius 2 is 2.17 bits per heavy atom. The molecule has 18 heavy (non-hydrogen) atoms. The van der Waals surface area contributed by atoms with Gasteiger partial charge >= 0.3 is 0 Å². The number of carbonyl (C=O) groups excluding carboxylic acids is 1. The maximum absolute atomic E-state index is 11.7. The Bertz CT molecular complexity index is 405. The van der Waals surface area contributed by atoms with Crippen LogP contribution in [0.1, 0.15) is 32.8 Å². The molecule has 1 aromatic rings. The molecule has 1 amide bonds. The minimum atomic E-state index is 0.0506. The Kier molecular flexibility index (Phi) is 6.19. The Morgan fingerprint density at radius 3 is 2.72 bits per heavy atom. The molecule has 100 valence electrons. The van der Waals surface area contributed by atoms with E-state index in [1.165, 1.54) is 0 Å². The van der Waals surface area contributed by atoms with Crippen molar-refractivity contribution in [2.45, 2.75) is 32.5 Å². The molecular formula is C14H20BrNO2. The molecule has 0 atom stereocenters.